The van der Waals surface area contributed by atoms with Gasteiger partial charge in [0.05, 0.1) is 5.39 Å². The van der Waals surface area contributed by atoms with E-state index in [1.807, 2.05) is 18.7 Å². The van der Waals surface area contributed by atoms with Crippen molar-refractivity contribution >= 4 is 33.4 Å². The number of hydrogen-bond donors (Lipinski definition) is 2. The van der Waals surface area contributed by atoms with Crippen LogP contribution in [0.5, 0.6) is 0 Å². The van der Waals surface area contributed by atoms with E-state index in [-0.39, 0.29) is 23.3 Å². The topological polar surface area (TPSA) is 104 Å². The zero-order chi connectivity index (χ0) is 21.7. The van der Waals surface area contributed by atoms with Crippen LogP contribution in [-0.2, 0) is 20.7 Å². The second-order valence-corrected chi connectivity index (χ2v) is 8.97. The Hall–Kier alpha value is -2.26. The number of amides is 2. The van der Waals surface area contributed by atoms with E-state index in [9.17, 15) is 14.4 Å². The third-order valence-corrected chi connectivity index (χ3v) is 6.81. The van der Waals surface area contributed by atoms with Gasteiger partial charge in [0, 0.05) is 57.0 Å². The van der Waals surface area contributed by atoms with Crippen molar-refractivity contribution in [2.75, 3.05) is 33.4 Å². The molecule has 0 bridgehead atoms. The molecule has 9 heteroatoms. The lowest BCUT2D eigenvalue weighted by atomic mass is 9.95. The average molecular weight is 435 g/mol. The maximum absolute atomic E-state index is 12.6. The molecular formula is C21H30N4O4S. The summed E-state index contributed by atoms with van der Waals surface area (Å²) in [5, 5.41) is 3.59. The van der Waals surface area contributed by atoms with Gasteiger partial charge < -0.3 is 19.9 Å². The summed E-state index contributed by atoms with van der Waals surface area (Å²) in [6, 6.07) is 0. The van der Waals surface area contributed by atoms with Crippen molar-refractivity contribution in [3.05, 3.63) is 26.6 Å². The third kappa shape index (κ3) is 5.26. The Labute approximate surface area is 180 Å². The van der Waals surface area contributed by atoms with Gasteiger partial charge in [0.1, 0.15) is 10.7 Å². The number of ether oxygens (including phenoxy) is 1. The van der Waals surface area contributed by atoms with Gasteiger partial charge in [-0.1, -0.05) is 0 Å². The van der Waals surface area contributed by atoms with Crippen LogP contribution in [0.2, 0.25) is 0 Å². The molecule has 1 saturated heterocycles. The first-order valence-corrected chi connectivity index (χ1v) is 11.3. The Kier molecular flexibility index (Phi) is 7.60. The second kappa shape index (κ2) is 10.2. The molecule has 3 rings (SSSR count). The van der Waals surface area contributed by atoms with Gasteiger partial charge in [0.15, 0.2) is 0 Å². The summed E-state index contributed by atoms with van der Waals surface area (Å²) < 4.78 is 4.98. The molecule has 2 aromatic heterocycles. The van der Waals surface area contributed by atoms with Crippen LogP contribution in [-0.4, -0.2) is 60.0 Å². The largest absolute Gasteiger partial charge is 0.385 e. The number of fused-ring (bicyclic) bond motifs is 1. The highest BCUT2D eigenvalue weighted by Crippen LogP contribution is 2.26. The molecule has 2 aromatic rings. The highest BCUT2D eigenvalue weighted by molar-refractivity contribution is 7.18. The molecule has 0 spiro atoms. The number of hydrogen-bond acceptors (Lipinski definition) is 6. The Morgan fingerprint density at radius 3 is 2.73 bits per heavy atom. The van der Waals surface area contributed by atoms with Gasteiger partial charge in [-0.2, -0.15) is 0 Å². The van der Waals surface area contributed by atoms with Crippen LogP contribution in [0.1, 0.15) is 41.9 Å². The lowest BCUT2D eigenvalue weighted by Crippen LogP contribution is -2.43. The van der Waals surface area contributed by atoms with Gasteiger partial charge in [-0.05, 0) is 38.7 Å². The standard InChI is InChI=1S/C21H30N4O4S/c1-13-14(2)30-21-18(13)20(28)23-16(24-21)5-6-17(26)25-10-7-15(8-11-25)19(27)22-9-4-12-29-3/h15H,4-12H2,1-3H3,(H,22,27)(H,23,24,28). The molecule has 30 heavy (non-hydrogen) atoms. The molecule has 164 valence electrons. The van der Waals surface area contributed by atoms with Crippen LogP contribution in [0.15, 0.2) is 4.79 Å². The average Bonchev–Trinajstić information content (AvgIpc) is 3.03. The molecule has 0 aliphatic carbocycles. The first kappa shape index (κ1) is 22.4. The van der Waals surface area contributed by atoms with Crippen molar-refractivity contribution in [3.8, 4) is 0 Å². The van der Waals surface area contributed by atoms with E-state index >= 15 is 0 Å². The molecule has 8 nitrogen and oxygen atoms in total. The molecule has 0 radical (unpaired) electrons. The monoisotopic (exact) mass is 434 g/mol. The molecule has 0 unspecified atom stereocenters. The number of methoxy groups -OCH3 is 1. The van der Waals surface area contributed by atoms with E-state index in [1.165, 1.54) is 11.3 Å². The number of nitrogens with zero attached hydrogens (tertiary/aromatic N) is 2. The highest BCUT2D eigenvalue weighted by atomic mass is 32.1. The lowest BCUT2D eigenvalue weighted by molar-refractivity contribution is -0.135. The van der Waals surface area contributed by atoms with Gasteiger partial charge in [-0.3, -0.25) is 14.4 Å². The number of piperidine rings is 1. The fourth-order valence-corrected chi connectivity index (χ4v) is 4.81. The molecule has 3 heterocycles. The zero-order valence-electron chi connectivity index (χ0n) is 17.9. The molecule has 0 atom stereocenters. The minimum absolute atomic E-state index is 0.0373. The summed E-state index contributed by atoms with van der Waals surface area (Å²) in [6.45, 7) is 6.32. The van der Waals surface area contributed by atoms with Crippen LogP contribution < -0.4 is 10.9 Å². The lowest BCUT2D eigenvalue weighted by Gasteiger charge is -2.31. The second-order valence-electron chi connectivity index (χ2n) is 7.77. The number of aromatic amines is 1. The summed E-state index contributed by atoms with van der Waals surface area (Å²) in [4.78, 5) is 48.2. The van der Waals surface area contributed by atoms with Gasteiger partial charge in [-0.15, -0.1) is 11.3 Å². The molecule has 1 aliphatic heterocycles. The normalized spacial score (nSPS) is 15.0. The first-order chi connectivity index (χ1) is 14.4. The Balaban J connectivity index is 1.48. The number of aryl methyl sites for hydroxylation is 3. The summed E-state index contributed by atoms with van der Waals surface area (Å²) >= 11 is 1.51. The van der Waals surface area contributed by atoms with Crippen LogP contribution >= 0.6 is 11.3 Å². The van der Waals surface area contributed by atoms with Gasteiger partial charge in [0.2, 0.25) is 11.8 Å². The first-order valence-electron chi connectivity index (χ1n) is 10.4. The fourth-order valence-electron chi connectivity index (χ4n) is 3.76. The number of carbonyl (C=O) groups is 2. The molecule has 0 aromatic carbocycles. The number of thiophene rings is 1. The van der Waals surface area contributed by atoms with E-state index in [0.717, 1.165) is 21.7 Å². The number of nitrogens with one attached hydrogen (secondary N) is 2. The van der Waals surface area contributed by atoms with Crippen molar-refractivity contribution in [3.63, 3.8) is 0 Å². The van der Waals surface area contributed by atoms with E-state index < -0.39 is 0 Å². The molecule has 1 fully saturated rings. The van der Waals surface area contributed by atoms with Crippen molar-refractivity contribution in [1.82, 2.24) is 20.2 Å². The van der Waals surface area contributed by atoms with E-state index in [4.69, 9.17) is 4.74 Å². The van der Waals surface area contributed by atoms with E-state index in [2.05, 4.69) is 15.3 Å². The van der Waals surface area contributed by atoms with Gasteiger partial charge in [-0.25, -0.2) is 4.98 Å². The smallest absolute Gasteiger partial charge is 0.259 e. The quantitative estimate of drug-likeness (QED) is 0.618. The van der Waals surface area contributed by atoms with E-state index in [1.54, 1.807) is 7.11 Å². The number of aromatic nitrogens is 2. The molecule has 0 saturated carbocycles. The summed E-state index contributed by atoms with van der Waals surface area (Å²) in [5.74, 6) is 0.611. The van der Waals surface area contributed by atoms with Crippen molar-refractivity contribution in [2.24, 2.45) is 5.92 Å². The third-order valence-electron chi connectivity index (χ3n) is 5.71. The molecule has 1 aliphatic rings. The minimum atomic E-state index is -0.137. The van der Waals surface area contributed by atoms with Crippen molar-refractivity contribution in [1.29, 1.82) is 0 Å². The SMILES string of the molecule is COCCCNC(=O)C1CCN(C(=O)CCc2nc3sc(C)c(C)c3c(=O)[nH]2)CC1. The predicted octanol–water partition coefficient (Wildman–Crippen LogP) is 1.93. The van der Waals surface area contributed by atoms with E-state index in [0.29, 0.717) is 63.1 Å². The minimum Gasteiger partial charge on any atom is -0.385 e. The molecule has 2 N–H and O–H groups in total. The number of likely N-dealkylation sites (tertiary alicyclic amines) is 1. The van der Waals surface area contributed by atoms with Crippen molar-refractivity contribution in [2.45, 2.75) is 46.0 Å². The summed E-state index contributed by atoms with van der Waals surface area (Å²) in [6.07, 6.45) is 2.85. The van der Waals surface area contributed by atoms with Gasteiger partial charge >= 0.3 is 0 Å². The summed E-state index contributed by atoms with van der Waals surface area (Å²) in [7, 11) is 1.64. The van der Waals surface area contributed by atoms with Gasteiger partial charge in [0.25, 0.3) is 5.56 Å². The Morgan fingerprint density at radius 1 is 1.30 bits per heavy atom. The Morgan fingerprint density at radius 2 is 2.03 bits per heavy atom. The predicted molar refractivity (Wildman–Crippen MR) is 117 cm³/mol. The maximum atomic E-state index is 12.6. The van der Waals surface area contributed by atoms with Crippen LogP contribution in [0.25, 0.3) is 10.2 Å². The maximum Gasteiger partial charge on any atom is 0.259 e. The molecule has 2 amide bonds. The van der Waals surface area contributed by atoms with Crippen LogP contribution in [0, 0.1) is 19.8 Å². The number of carbonyl (C=O) groups excluding carboxylic acids is 2. The fraction of sp³-hybridized carbons (Fsp3) is 0.619. The number of H-pyrrole nitrogens is 1. The highest BCUT2D eigenvalue weighted by Gasteiger charge is 2.27. The summed E-state index contributed by atoms with van der Waals surface area (Å²) in [5.41, 5.74) is 0.832. The van der Waals surface area contributed by atoms with Crippen LogP contribution in [0.4, 0.5) is 0 Å². The van der Waals surface area contributed by atoms with Crippen LogP contribution in [0.3, 0.4) is 0 Å². The van der Waals surface area contributed by atoms with Crippen molar-refractivity contribution < 1.29 is 14.3 Å². The number of rotatable bonds is 8. The Bertz CT molecular complexity index is 960. The zero-order valence-corrected chi connectivity index (χ0v) is 18.7. The molecular weight excluding hydrogens is 404 g/mol.